The minimum absolute atomic E-state index is 0.210. The fourth-order valence-corrected chi connectivity index (χ4v) is 8.11. The van der Waals surface area contributed by atoms with Crippen LogP contribution in [0.3, 0.4) is 0 Å². The Bertz CT molecular complexity index is 1720. The summed E-state index contributed by atoms with van der Waals surface area (Å²) in [4.78, 5) is 33.6. The molecule has 0 saturated heterocycles. The van der Waals surface area contributed by atoms with Crippen LogP contribution < -0.4 is 19.7 Å². The molecular weight excluding hydrogens is 745 g/mol. The number of aryl methyl sites for hydroxylation is 1. The molecule has 0 bridgehead atoms. The summed E-state index contributed by atoms with van der Waals surface area (Å²) in [6.07, 6.45) is 24.5. The van der Waals surface area contributed by atoms with E-state index in [1.165, 1.54) is 28.1 Å². The predicted molar refractivity (Wildman–Crippen MR) is 249 cm³/mol. The molecule has 1 aromatic heterocycles. The Balaban J connectivity index is 1.17. The Kier molecular flexibility index (Phi) is 22.5. The first kappa shape index (κ1) is 47.0. The summed E-state index contributed by atoms with van der Waals surface area (Å²) < 4.78 is 2.03. The second-order valence-corrected chi connectivity index (χ2v) is 17.1. The second kappa shape index (κ2) is 27.3. The van der Waals surface area contributed by atoms with Crippen molar-refractivity contribution in [1.82, 2.24) is 15.1 Å². The molecule has 1 N–H and O–H groups in total. The number of carbonyl (C=O) groups excluding carboxylic acids is 2. The molecule has 0 unspecified atom stereocenters. The van der Waals surface area contributed by atoms with Crippen LogP contribution in [0.4, 0.5) is 11.4 Å². The Labute approximate surface area is 352 Å². The number of hydrogen-bond acceptors (Lipinski definition) is 7. The Hall–Kier alpha value is -4.41. The molecule has 2 amide bonds. The lowest BCUT2D eigenvalue weighted by Crippen LogP contribution is -2.30. The molecule has 0 radical (unpaired) electrons. The third-order valence-corrected chi connectivity index (χ3v) is 12.4. The molecule has 0 fully saturated rings. The van der Waals surface area contributed by atoms with Crippen molar-refractivity contribution in [2.75, 3.05) is 82.7 Å². The summed E-state index contributed by atoms with van der Waals surface area (Å²) in [6, 6.07) is 21.4. The van der Waals surface area contributed by atoms with Crippen LogP contribution in [-0.2, 0) is 16.6 Å². The fraction of sp³-hybridized carbons (Fsp3) is 0.426. The van der Waals surface area contributed by atoms with E-state index in [1.807, 2.05) is 95.7 Å². The maximum Gasteiger partial charge on any atom is 0.222 e. The molecule has 0 spiro atoms. The zero-order valence-corrected chi connectivity index (χ0v) is 37.2. The van der Waals surface area contributed by atoms with Gasteiger partial charge in [-0.1, -0.05) is 76.2 Å². The van der Waals surface area contributed by atoms with Crippen LogP contribution in [0.15, 0.2) is 103 Å². The first-order valence-corrected chi connectivity index (χ1v) is 22.7. The molecule has 0 aliphatic heterocycles. The number of pyridine rings is 1. The summed E-state index contributed by atoms with van der Waals surface area (Å²) in [6.45, 7) is 5.41. The Morgan fingerprint density at radius 2 is 1.07 bits per heavy atom. The van der Waals surface area contributed by atoms with Crippen molar-refractivity contribution in [3.63, 3.8) is 0 Å². The molecule has 2 aromatic carbocycles. The number of anilines is 2. The van der Waals surface area contributed by atoms with E-state index in [0.717, 1.165) is 75.4 Å². The average Bonchev–Trinajstić information content (AvgIpc) is 3.23. The maximum absolute atomic E-state index is 12.7. The van der Waals surface area contributed by atoms with Crippen LogP contribution in [0.2, 0.25) is 0 Å². The largest absolute Gasteiger partial charge is 0.394 e. The number of nitrogens with one attached hydrogen (secondary N) is 1. The molecule has 0 aliphatic rings. The van der Waals surface area contributed by atoms with Crippen molar-refractivity contribution in [3.8, 4) is 0 Å². The minimum atomic E-state index is 0.210. The van der Waals surface area contributed by atoms with E-state index in [4.69, 9.17) is 0 Å². The van der Waals surface area contributed by atoms with Gasteiger partial charge < -0.3 is 24.9 Å². The van der Waals surface area contributed by atoms with E-state index in [2.05, 4.69) is 120 Å². The van der Waals surface area contributed by atoms with Crippen molar-refractivity contribution < 1.29 is 14.2 Å². The first-order chi connectivity index (χ1) is 27.6. The number of hydrogen-bond donors (Lipinski definition) is 1. The second-order valence-electron chi connectivity index (χ2n) is 14.4. The summed E-state index contributed by atoms with van der Waals surface area (Å²) >= 11 is 0. The van der Waals surface area contributed by atoms with E-state index in [1.54, 1.807) is 0 Å². The highest BCUT2D eigenvalue weighted by Crippen LogP contribution is 2.24. The van der Waals surface area contributed by atoms with Crippen LogP contribution in [0.25, 0.3) is 18.2 Å². The van der Waals surface area contributed by atoms with Gasteiger partial charge in [0.15, 0.2) is 12.4 Å². The van der Waals surface area contributed by atoms with Crippen molar-refractivity contribution in [3.05, 3.63) is 120 Å². The monoisotopic (exact) mass is 811 g/mol. The number of unbranched alkanes of at least 4 members (excludes halogenated alkanes) is 1. The molecule has 1 heterocycles. The van der Waals surface area contributed by atoms with Crippen molar-refractivity contribution in [1.29, 1.82) is 0 Å². The molecule has 0 aliphatic carbocycles. The van der Waals surface area contributed by atoms with Gasteiger partial charge in [0.05, 0.1) is 0 Å². The number of aromatic nitrogens is 1. The number of allylic oxidation sites excluding steroid dienone is 4. The number of nitrogens with zero attached hydrogens (tertiary/aromatic N) is 5. The quantitative estimate of drug-likeness (QED) is 0.0376. The smallest absolute Gasteiger partial charge is 0.222 e. The van der Waals surface area contributed by atoms with Crippen LogP contribution in [0.1, 0.15) is 68.6 Å². The molecule has 8 nitrogen and oxygen atoms in total. The first-order valence-electron chi connectivity index (χ1n) is 20.3. The highest BCUT2D eigenvalue weighted by atomic mass is 33.1. The maximum atomic E-state index is 12.7. The summed E-state index contributed by atoms with van der Waals surface area (Å²) in [7, 11) is 15.6. The zero-order chi connectivity index (χ0) is 41.3. The van der Waals surface area contributed by atoms with E-state index >= 15 is 0 Å². The molecular formula is C47H67N6O2S2+. The molecule has 0 saturated carbocycles. The van der Waals surface area contributed by atoms with Crippen LogP contribution >= 0.6 is 21.6 Å². The predicted octanol–water partition coefficient (Wildman–Crippen LogP) is 8.98. The van der Waals surface area contributed by atoms with Gasteiger partial charge in [0.25, 0.3) is 0 Å². The SMILES string of the molecule is CC=C(C=CNC)C=Cc1ccc(N(C)CCCCN(C)C(=O)CCCSSCCCC(=O)N(C)CCCN(C)c2ccc(C=Cc3cc[n+](C)cc3)cc2)cc1. The van der Waals surface area contributed by atoms with E-state index < -0.39 is 0 Å². The molecule has 3 rings (SSSR count). The molecule has 10 heteroatoms. The Morgan fingerprint density at radius 3 is 1.58 bits per heavy atom. The summed E-state index contributed by atoms with van der Waals surface area (Å²) in [5, 5.41) is 3.03. The number of carbonyl (C=O) groups is 2. The van der Waals surface area contributed by atoms with Crippen LogP contribution in [-0.4, -0.2) is 94.5 Å². The molecule has 57 heavy (non-hydrogen) atoms. The van der Waals surface area contributed by atoms with Gasteiger partial charge in [-0.25, -0.2) is 4.57 Å². The molecule has 308 valence electrons. The van der Waals surface area contributed by atoms with Crippen molar-refractivity contribution in [2.45, 2.75) is 51.9 Å². The highest BCUT2D eigenvalue weighted by molar-refractivity contribution is 8.76. The number of benzene rings is 2. The minimum Gasteiger partial charge on any atom is -0.394 e. The Morgan fingerprint density at radius 1 is 0.614 bits per heavy atom. The lowest BCUT2D eigenvalue weighted by atomic mass is 10.1. The van der Waals surface area contributed by atoms with Gasteiger partial charge in [-0.3, -0.25) is 9.59 Å². The standard InChI is InChI=1S/C47H67N6O2S2/c1-8-40(28-31-48-2)16-17-41-20-24-44(25-21-41)50(4)32-9-10-33-52(6)46(54)14-11-38-56-57-39-12-15-47(55)53(7)35-13-34-51(5)45-26-22-42(23-27-45)18-19-43-29-36-49(3)37-30-43/h8,16-31,36-37,48H,9-15,32-35,38-39H2,1-7H3/q+1. The lowest BCUT2D eigenvalue weighted by molar-refractivity contribution is -0.671. The van der Waals surface area contributed by atoms with Crippen molar-refractivity contribution in [2.24, 2.45) is 7.05 Å². The van der Waals surface area contributed by atoms with E-state index in [0.29, 0.717) is 12.8 Å². The summed E-state index contributed by atoms with van der Waals surface area (Å²) in [5.74, 6) is 2.32. The van der Waals surface area contributed by atoms with E-state index in [-0.39, 0.29) is 11.8 Å². The van der Waals surface area contributed by atoms with Gasteiger partial charge in [-0.05, 0) is 97.8 Å². The fourth-order valence-electron chi connectivity index (χ4n) is 5.93. The molecule has 0 atom stereocenters. The normalized spacial score (nSPS) is 11.8. The van der Waals surface area contributed by atoms with Gasteiger partial charge in [0.1, 0.15) is 7.05 Å². The van der Waals surface area contributed by atoms with E-state index in [9.17, 15) is 9.59 Å². The zero-order valence-electron chi connectivity index (χ0n) is 35.5. The van der Waals surface area contributed by atoms with Crippen LogP contribution in [0, 0.1) is 0 Å². The van der Waals surface area contributed by atoms with Gasteiger partial charge >= 0.3 is 0 Å². The van der Waals surface area contributed by atoms with Crippen LogP contribution in [0.5, 0.6) is 0 Å². The van der Waals surface area contributed by atoms with Gasteiger partial charge in [0.2, 0.25) is 11.8 Å². The third-order valence-electron chi connectivity index (χ3n) is 9.78. The molecule has 3 aromatic rings. The highest BCUT2D eigenvalue weighted by Gasteiger charge is 2.11. The van der Waals surface area contributed by atoms with Gasteiger partial charge in [-0.15, -0.1) is 0 Å². The van der Waals surface area contributed by atoms with Gasteiger partial charge in [-0.2, -0.15) is 0 Å². The third kappa shape index (κ3) is 19.1. The lowest BCUT2D eigenvalue weighted by Gasteiger charge is -2.22. The topological polar surface area (TPSA) is 63.0 Å². The number of amides is 2. The number of rotatable bonds is 26. The summed E-state index contributed by atoms with van der Waals surface area (Å²) in [5.41, 5.74) is 7.04. The average molecular weight is 812 g/mol. The van der Waals surface area contributed by atoms with Gasteiger partial charge in [0, 0.05) is 109 Å². The van der Waals surface area contributed by atoms with Crippen molar-refractivity contribution >= 4 is 63.0 Å².